The van der Waals surface area contributed by atoms with Crippen molar-refractivity contribution in [2.75, 3.05) is 13.7 Å². The van der Waals surface area contributed by atoms with Crippen LogP contribution in [-0.4, -0.2) is 43.5 Å². The maximum Gasteiger partial charge on any atom is 0.328 e. The lowest BCUT2D eigenvalue weighted by Gasteiger charge is -2.17. The highest BCUT2D eigenvalue weighted by Gasteiger charge is 2.24. The number of amides is 2. The smallest absolute Gasteiger partial charge is 0.328 e. The van der Waals surface area contributed by atoms with Crippen LogP contribution in [0.4, 0.5) is 0 Å². The number of benzene rings is 1. The first-order chi connectivity index (χ1) is 14.6. The fourth-order valence-electron chi connectivity index (χ4n) is 3.45. The fraction of sp³-hybridized carbons (Fsp3) is 0.348. The molecule has 0 saturated carbocycles. The second kappa shape index (κ2) is 10.5. The van der Waals surface area contributed by atoms with E-state index in [1.165, 1.54) is 7.11 Å². The van der Waals surface area contributed by atoms with Gasteiger partial charge in [-0.25, -0.2) is 4.79 Å². The maximum atomic E-state index is 12.8. The van der Waals surface area contributed by atoms with E-state index in [-0.39, 0.29) is 17.9 Å². The largest absolute Gasteiger partial charge is 0.467 e. The Morgan fingerprint density at radius 2 is 1.97 bits per heavy atom. The average molecular weight is 409 g/mol. The fourth-order valence-corrected chi connectivity index (χ4v) is 3.45. The van der Waals surface area contributed by atoms with Crippen molar-refractivity contribution in [3.8, 4) is 0 Å². The Balaban J connectivity index is 1.60. The highest BCUT2D eigenvalue weighted by atomic mass is 16.5. The molecule has 7 heteroatoms. The zero-order valence-electron chi connectivity index (χ0n) is 17.0. The van der Waals surface area contributed by atoms with Gasteiger partial charge in [0.05, 0.1) is 13.2 Å². The van der Waals surface area contributed by atoms with Gasteiger partial charge in [-0.05, 0) is 43.5 Å². The van der Waals surface area contributed by atoms with Crippen LogP contribution >= 0.6 is 0 Å². The molecule has 0 radical (unpaired) electrons. The van der Waals surface area contributed by atoms with E-state index >= 15 is 0 Å². The molecule has 2 unspecified atom stereocenters. The van der Waals surface area contributed by atoms with Gasteiger partial charge in [-0.15, -0.1) is 0 Å². The first-order valence-electron chi connectivity index (χ1n) is 10.1. The minimum Gasteiger partial charge on any atom is -0.467 e. The monoisotopic (exact) mass is 409 g/mol. The Labute approximate surface area is 176 Å². The van der Waals surface area contributed by atoms with Crippen LogP contribution in [0.15, 0.2) is 65.9 Å². The lowest BCUT2D eigenvalue weighted by molar-refractivity contribution is -0.144. The van der Waals surface area contributed by atoms with Crippen molar-refractivity contribution in [2.45, 2.75) is 37.8 Å². The summed E-state index contributed by atoms with van der Waals surface area (Å²) in [6.07, 6.45) is 9.60. The third-order valence-corrected chi connectivity index (χ3v) is 5.10. The second-order valence-corrected chi connectivity index (χ2v) is 7.27. The van der Waals surface area contributed by atoms with Crippen molar-refractivity contribution >= 4 is 17.8 Å². The molecule has 3 N–H and O–H groups in total. The van der Waals surface area contributed by atoms with Crippen LogP contribution < -0.4 is 16.0 Å². The Bertz CT molecular complexity index is 868. The summed E-state index contributed by atoms with van der Waals surface area (Å²) in [4.78, 5) is 37.2. The molecule has 3 rings (SSSR count). The quantitative estimate of drug-likeness (QED) is 0.594. The predicted octanol–water partition coefficient (Wildman–Crippen LogP) is 1.53. The first kappa shape index (κ1) is 21.5. The molecule has 1 fully saturated rings. The molecule has 2 aliphatic rings. The first-order valence-corrected chi connectivity index (χ1v) is 10.1. The van der Waals surface area contributed by atoms with Gasteiger partial charge in [0.15, 0.2) is 0 Å². The highest BCUT2D eigenvalue weighted by Crippen LogP contribution is 2.12. The molecular weight excluding hydrogens is 382 g/mol. The van der Waals surface area contributed by atoms with Gasteiger partial charge in [-0.1, -0.05) is 42.5 Å². The number of nitrogens with one attached hydrogen (secondary N) is 3. The summed E-state index contributed by atoms with van der Waals surface area (Å²) in [5, 5.41) is 8.82. The molecule has 2 amide bonds. The Kier molecular flexibility index (Phi) is 7.57. The summed E-state index contributed by atoms with van der Waals surface area (Å²) in [5.41, 5.74) is 2.00. The van der Waals surface area contributed by atoms with Crippen LogP contribution in [-0.2, 0) is 25.5 Å². The number of allylic oxidation sites excluding steroid dienone is 3. The molecule has 0 spiro atoms. The number of hydrogen-bond donors (Lipinski definition) is 3. The van der Waals surface area contributed by atoms with E-state index in [2.05, 4.69) is 16.0 Å². The Morgan fingerprint density at radius 1 is 1.17 bits per heavy atom. The van der Waals surface area contributed by atoms with E-state index < -0.39 is 12.0 Å². The van der Waals surface area contributed by atoms with Gasteiger partial charge in [0.2, 0.25) is 5.91 Å². The molecule has 2 atom stereocenters. The van der Waals surface area contributed by atoms with Gasteiger partial charge in [-0.2, -0.15) is 0 Å². The topological polar surface area (TPSA) is 96.5 Å². The molecule has 0 bridgehead atoms. The van der Waals surface area contributed by atoms with Crippen LogP contribution in [0.1, 0.15) is 24.8 Å². The van der Waals surface area contributed by atoms with Gasteiger partial charge in [-0.3, -0.25) is 9.59 Å². The van der Waals surface area contributed by atoms with Crippen LogP contribution in [0.2, 0.25) is 0 Å². The molecule has 1 aromatic rings. The van der Waals surface area contributed by atoms with Gasteiger partial charge in [0, 0.05) is 17.7 Å². The third kappa shape index (κ3) is 5.90. The molecule has 7 nitrogen and oxygen atoms in total. The zero-order valence-corrected chi connectivity index (χ0v) is 17.0. The van der Waals surface area contributed by atoms with Crippen LogP contribution in [0.5, 0.6) is 0 Å². The van der Waals surface area contributed by atoms with Crippen molar-refractivity contribution < 1.29 is 19.1 Å². The van der Waals surface area contributed by atoms with E-state index in [9.17, 15) is 14.4 Å². The molecule has 1 aromatic carbocycles. The minimum absolute atomic E-state index is 0.0649. The van der Waals surface area contributed by atoms with E-state index in [0.29, 0.717) is 24.1 Å². The van der Waals surface area contributed by atoms with E-state index in [0.717, 1.165) is 24.9 Å². The Hall–Kier alpha value is -3.19. The molecule has 158 valence electrons. The lowest BCUT2D eigenvalue weighted by Crippen LogP contribution is -2.43. The van der Waals surface area contributed by atoms with Crippen molar-refractivity contribution in [1.82, 2.24) is 16.0 Å². The number of carbonyl (C=O) groups is 3. The number of rotatable bonds is 7. The summed E-state index contributed by atoms with van der Waals surface area (Å²) in [6.45, 7) is 0.850. The summed E-state index contributed by atoms with van der Waals surface area (Å²) < 4.78 is 4.85. The summed E-state index contributed by atoms with van der Waals surface area (Å²) in [6, 6.07) is 8.48. The average Bonchev–Trinajstić information content (AvgIpc) is 3.20. The normalized spacial score (nSPS) is 19.2. The predicted molar refractivity (Wildman–Crippen MR) is 113 cm³/mol. The molecule has 0 aromatic heterocycles. The second-order valence-electron chi connectivity index (χ2n) is 7.27. The van der Waals surface area contributed by atoms with E-state index in [1.54, 1.807) is 18.2 Å². The zero-order chi connectivity index (χ0) is 21.3. The summed E-state index contributed by atoms with van der Waals surface area (Å²) in [5.74, 6) is -0.929. The molecule has 30 heavy (non-hydrogen) atoms. The van der Waals surface area contributed by atoms with E-state index in [1.807, 2.05) is 36.4 Å². The van der Waals surface area contributed by atoms with Crippen molar-refractivity contribution in [3.63, 3.8) is 0 Å². The highest BCUT2D eigenvalue weighted by molar-refractivity contribution is 5.98. The number of methoxy groups -OCH3 is 1. The molecular formula is C23H27N3O4. The summed E-state index contributed by atoms with van der Waals surface area (Å²) >= 11 is 0. The van der Waals surface area contributed by atoms with Gasteiger partial charge in [0.1, 0.15) is 6.04 Å². The minimum atomic E-state index is -0.789. The standard InChI is InChI=1S/C23H27N3O4/c1-30-23(29)20(15-16-7-3-2-4-8-16)26-21(27)17-9-5-10-18(13-12-17)25-22(28)19-11-6-14-24-19/h2-4,7-10,12-13,19-20,24H,5-6,11,14-15H2,1H3,(H,25,28)(H,26,27). The van der Waals surface area contributed by atoms with Gasteiger partial charge in [0.25, 0.3) is 5.91 Å². The molecule has 1 saturated heterocycles. The van der Waals surface area contributed by atoms with Crippen LogP contribution in [0, 0.1) is 0 Å². The third-order valence-electron chi connectivity index (χ3n) is 5.10. The summed E-state index contributed by atoms with van der Waals surface area (Å²) in [7, 11) is 1.30. The molecule has 1 aliphatic carbocycles. The van der Waals surface area contributed by atoms with Crippen molar-refractivity contribution in [3.05, 3.63) is 71.5 Å². The number of hydrogen-bond acceptors (Lipinski definition) is 5. The SMILES string of the molecule is COC(=O)C(Cc1ccccc1)NC(=O)C1=CCC=C(NC(=O)C2CCCN2)C=C1. The number of carbonyl (C=O) groups excluding carboxylic acids is 3. The Morgan fingerprint density at radius 3 is 2.67 bits per heavy atom. The van der Waals surface area contributed by atoms with Crippen molar-refractivity contribution in [1.29, 1.82) is 0 Å². The molecule has 1 aliphatic heterocycles. The van der Waals surface area contributed by atoms with Crippen LogP contribution in [0.25, 0.3) is 0 Å². The lowest BCUT2D eigenvalue weighted by atomic mass is 10.1. The maximum absolute atomic E-state index is 12.8. The van der Waals surface area contributed by atoms with Crippen molar-refractivity contribution in [2.24, 2.45) is 0 Å². The van der Waals surface area contributed by atoms with Crippen LogP contribution in [0.3, 0.4) is 0 Å². The number of esters is 1. The number of ether oxygens (including phenoxy) is 1. The molecule has 1 heterocycles. The van der Waals surface area contributed by atoms with Gasteiger partial charge >= 0.3 is 5.97 Å². The van der Waals surface area contributed by atoms with Gasteiger partial charge < -0.3 is 20.7 Å². The van der Waals surface area contributed by atoms with E-state index in [4.69, 9.17) is 4.74 Å².